The van der Waals surface area contributed by atoms with Gasteiger partial charge in [-0.05, 0) is 25.0 Å². The van der Waals surface area contributed by atoms with Gasteiger partial charge in [-0.15, -0.1) is 21.5 Å². The summed E-state index contributed by atoms with van der Waals surface area (Å²) in [6.45, 7) is 4.05. The second-order valence-corrected chi connectivity index (χ2v) is 8.57. The van der Waals surface area contributed by atoms with E-state index in [1.54, 1.807) is 13.0 Å². The first kappa shape index (κ1) is 22.0. The number of ether oxygens (including phenoxy) is 1. The van der Waals surface area contributed by atoms with Crippen LogP contribution in [0.2, 0.25) is 0 Å². The van der Waals surface area contributed by atoms with Gasteiger partial charge in [0.1, 0.15) is 10.8 Å². The Balaban J connectivity index is 1.61. The van der Waals surface area contributed by atoms with Crippen LogP contribution in [0.5, 0.6) is 0 Å². The van der Waals surface area contributed by atoms with E-state index in [1.807, 2.05) is 48.9 Å². The summed E-state index contributed by atoms with van der Waals surface area (Å²) in [7, 11) is 1.89. The van der Waals surface area contributed by atoms with Gasteiger partial charge in [0.15, 0.2) is 5.16 Å². The van der Waals surface area contributed by atoms with Crippen molar-refractivity contribution in [3.8, 4) is 0 Å². The van der Waals surface area contributed by atoms with Crippen LogP contribution in [0, 0.1) is 0 Å². The monoisotopic (exact) mass is 444 g/mol. The first-order valence-corrected chi connectivity index (χ1v) is 11.5. The summed E-state index contributed by atoms with van der Waals surface area (Å²) in [6, 6.07) is 11.8. The molecule has 0 aliphatic rings. The van der Waals surface area contributed by atoms with Crippen LogP contribution in [-0.2, 0) is 29.4 Å². The molecule has 0 aliphatic carbocycles. The summed E-state index contributed by atoms with van der Waals surface area (Å²) in [5, 5.41) is 12.5. The van der Waals surface area contributed by atoms with Crippen molar-refractivity contribution in [2.45, 2.75) is 31.8 Å². The van der Waals surface area contributed by atoms with E-state index in [9.17, 15) is 9.59 Å². The van der Waals surface area contributed by atoms with Crippen LogP contribution in [0.1, 0.15) is 40.5 Å². The van der Waals surface area contributed by atoms with Gasteiger partial charge in [0.25, 0.3) is 0 Å². The number of aryl methyl sites for hydroxylation is 1. The number of rotatable bonds is 9. The smallest absolute Gasteiger partial charge is 0.341 e. The third kappa shape index (κ3) is 5.48. The zero-order valence-corrected chi connectivity index (χ0v) is 18.8. The molecule has 1 aromatic carbocycles. The summed E-state index contributed by atoms with van der Waals surface area (Å²) in [4.78, 5) is 25.7. The van der Waals surface area contributed by atoms with Crippen molar-refractivity contribution in [2.24, 2.45) is 7.05 Å². The van der Waals surface area contributed by atoms with Crippen molar-refractivity contribution in [3.05, 3.63) is 58.2 Å². The lowest BCUT2D eigenvalue weighted by atomic mass is 10.1. The Hall–Kier alpha value is -2.65. The van der Waals surface area contributed by atoms with Gasteiger partial charge in [0.05, 0.1) is 17.9 Å². The van der Waals surface area contributed by atoms with Crippen molar-refractivity contribution in [3.63, 3.8) is 0 Å². The highest BCUT2D eigenvalue weighted by Crippen LogP contribution is 2.29. The maximum atomic E-state index is 12.5. The lowest BCUT2D eigenvalue weighted by Crippen LogP contribution is -2.16. The lowest BCUT2D eigenvalue weighted by Gasteiger charge is -2.06. The molecule has 0 atom stereocenters. The molecular formula is C21H24N4O3S2. The van der Waals surface area contributed by atoms with Crippen LogP contribution in [0.25, 0.3) is 0 Å². The van der Waals surface area contributed by atoms with Gasteiger partial charge in [-0.25, -0.2) is 4.79 Å². The number of thioether (sulfide) groups is 1. The van der Waals surface area contributed by atoms with E-state index in [2.05, 4.69) is 15.5 Å². The minimum absolute atomic E-state index is 0.166. The van der Waals surface area contributed by atoms with Gasteiger partial charge >= 0.3 is 5.97 Å². The molecule has 0 radical (unpaired) electrons. The Morgan fingerprint density at radius 2 is 1.97 bits per heavy atom. The average molecular weight is 445 g/mol. The van der Waals surface area contributed by atoms with Crippen LogP contribution in [0.15, 0.2) is 41.6 Å². The predicted octanol–water partition coefficient (Wildman–Crippen LogP) is 3.94. The molecule has 0 unspecified atom stereocenters. The van der Waals surface area contributed by atoms with E-state index in [4.69, 9.17) is 4.74 Å². The molecule has 158 valence electrons. The highest BCUT2D eigenvalue weighted by molar-refractivity contribution is 7.99. The molecule has 9 heteroatoms. The molecule has 0 spiro atoms. The highest BCUT2D eigenvalue weighted by Gasteiger charge is 2.19. The zero-order valence-electron chi connectivity index (χ0n) is 17.2. The van der Waals surface area contributed by atoms with Crippen molar-refractivity contribution >= 4 is 40.0 Å². The van der Waals surface area contributed by atoms with E-state index in [1.165, 1.54) is 23.1 Å². The standard InChI is InChI=1S/C21H24N4O3S2/c1-4-15-12-16(20(27)28-5-2)19(30-15)22-18(26)13-29-21-24-23-17(25(21)3)11-14-9-7-6-8-10-14/h6-10,12H,4-5,11,13H2,1-3H3,(H,22,26). The molecule has 2 aromatic heterocycles. The Morgan fingerprint density at radius 1 is 1.20 bits per heavy atom. The van der Waals surface area contributed by atoms with Crippen molar-refractivity contribution < 1.29 is 14.3 Å². The summed E-state index contributed by atoms with van der Waals surface area (Å²) in [5.41, 5.74) is 1.55. The van der Waals surface area contributed by atoms with E-state index >= 15 is 0 Å². The number of hydrogen-bond acceptors (Lipinski definition) is 7. The van der Waals surface area contributed by atoms with E-state index in [0.29, 0.717) is 22.1 Å². The first-order chi connectivity index (χ1) is 14.5. The first-order valence-electron chi connectivity index (χ1n) is 9.66. The highest BCUT2D eigenvalue weighted by atomic mass is 32.2. The fourth-order valence-corrected chi connectivity index (χ4v) is 4.50. The predicted molar refractivity (Wildman–Crippen MR) is 119 cm³/mol. The van der Waals surface area contributed by atoms with E-state index in [-0.39, 0.29) is 18.3 Å². The number of thiophene rings is 1. The molecule has 0 aliphatic heterocycles. The second-order valence-electron chi connectivity index (χ2n) is 6.49. The minimum Gasteiger partial charge on any atom is -0.462 e. The second kappa shape index (κ2) is 10.4. The maximum Gasteiger partial charge on any atom is 0.341 e. The van der Waals surface area contributed by atoms with Gasteiger partial charge in [0, 0.05) is 18.3 Å². The van der Waals surface area contributed by atoms with Crippen LogP contribution in [0.3, 0.4) is 0 Å². The largest absolute Gasteiger partial charge is 0.462 e. The maximum absolute atomic E-state index is 12.5. The Morgan fingerprint density at radius 3 is 2.67 bits per heavy atom. The quantitative estimate of drug-likeness (QED) is 0.397. The number of nitrogens with zero attached hydrogens (tertiary/aromatic N) is 3. The number of hydrogen-bond donors (Lipinski definition) is 1. The Labute approximate surface area is 183 Å². The zero-order chi connectivity index (χ0) is 21.5. The fraction of sp³-hybridized carbons (Fsp3) is 0.333. The lowest BCUT2D eigenvalue weighted by molar-refractivity contribution is -0.113. The van der Waals surface area contributed by atoms with E-state index < -0.39 is 5.97 Å². The third-order valence-corrected chi connectivity index (χ3v) is 6.56. The van der Waals surface area contributed by atoms with E-state index in [0.717, 1.165) is 22.7 Å². The molecule has 7 nitrogen and oxygen atoms in total. The van der Waals surface area contributed by atoms with Crippen molar-refractivity contribution in [1.82, 2.24) is 14.8 Å². The summed E-state index contributed by atoms with van der Waals surface area (Å²) < 4.78 is 6.99. The van der Waals surface area contributed by atoms with Crippen LogP contribution in [0.4, 0.5) is 5.00 Å². The van der Waals surface area contributed by atoms with Gasteiger partial charge in [-0.3, -0.25) is 4.79 Å². The molecule has 3 aromatic rings. The van der Waals surface area contributed by atoms with Crippen LogP contribution >= 0.6 is 23.1 Å². The molecule has 1 N–H and O–H groups in total. The molecular weight excluding hydrogens is 420 g/mol. The van der Waals surface area contributed by atoms with Gasteiger partial charge in [-0.1, -0.05) is 49.0 Å². The van der Waals surface area contributed by atoms with Gasteiger partial charge < -0.3 is 14.6 Å². The molecule has 30 heavy (non-hydrogen) atoms. The molecule has 0 saturated heterocycles. The average Bonchev–Trinajstić information content (AvgIpc) is 3.31. The van der Waals surface area contributed by atoms with Gasteiger partial charge in [0.2, 0.25) is 5.91 Å². The molecule has 2 heterocycles. The number of anilines is 1. The summed E-state index contributed by atoms with van der Waals surface area (Å²) in [6.07, 6.45) is 1.46. The molecule has 1 amide bonds. The topological polar surface area (TPSA) is 86.1 Å². The summed E-state index contributed by atoms with van der Waals surface area (Å²) in [5.74, 6) is 0.372. The fourth-order valence-electron chi connectivity index (χ4n) is 2.77. The normalized spacial score (nSPS) is 10.8. The number of carbonyl (C=O) groups excluding carboxylic acids is 2. The Bertz CT molecular complexity index is 1010. The number of esters is 1. The third-order valence-electron chi connectivity index (χ3n) is 4.34. The number of nitrogens with one attached hydrogen (secondary N) is 1. The Kier molecular flexibility index (Phi) is 7.64. The van der Waals surface area contributed by atoms with Gasteiger partial charge in [-0.2, -0.15) is 0 Å². The minimum atomic E-state index is -0.421. The summed E-state index contributed by atoms with van der Waals surface area (Å²) >= 11 is 2.71. The molecule has 0 saturated carbocycles. The van der Waals surface area contributed by atoms with Crippen LogP contribution in [-0.4, -0.2) is 39.0 Å². The number of benzene rings is 1. The van der Waals surface area contributed by atoms with Crippen molar-refractivity contribution in [1.29, 1.82) is 0 Å². The number of aromatic nitrogens is 3. The van der Waals surface area contributed by atoms with Crippen molar-refractivity contribution in [2.75, 3.05) is 17.7 Å². The number of amides is 1. The molecule has 0 bridgehead atoms. The number of carbonyl (C=O) groups is 2. The molecule has 3 rings (SSSR count). The molecule has 0 fully saturated rings. The van der Waals surface area contributed by atoms with Crippen LogP contribution < -0.4 is 5.32 Å². The SMILES string of the molecule is CCOC(=O)c1cc(CC)sc1NC(=O)CSc1nnc(Cc2ccccc2)n1C.